The fraction of sp³-hybridized carbons (Fsp3) is 0.444. The molecule has 4 nitrogen and oxygen atoms in total. The maximum Gasteiger partial charge on any atom is 0.228 e. The van der Waals surface area contributed by atoms with Gasteiger partial charge < -0.3 is 13.9 Å². The minimum atomic E-state index is -0.500. The summed E-state index contributed by atoms with van der Waals surface area (Å²) in [5.41, 5.74) is 0. The largest absolute Gasteiger partial charge is 0.461 e. The first-order valence-electron chi connectivity index (χ1n) is 4.15. The van der Waals surface area contributed by atoms with E-state index in [1.165, 1.54) is 6.26 Å². The van der Waals surface area contributed by atoms with Gasteiger partial charge in [0.2, 0.25) is 5.78 Å². The third-order valence-corrected chi connectivity index (χ3v) is 1.87. The first-order valence-corrected chi connectivity index (χ1v) is 4.15. The first kappa shape index (κ1) is 8.47. The summed E-state index contributed by atoms with van der Waals surface area (Å²) in [6.45, 7) is 1.35. The Hall–Kier alpha value is -1.13. The van der Waals surface area contributed by atoms with Gasteiger partial charge in [0, 0.05) is 0 Å². The number of ketones is 1. The van der Waals surface area contributed by atoms with Crippen LogP contribution in [0.15, 0.2) is 22.8 Å². The van der Waals surface area contributed by atoms with Gasteiger partial charge in [-0.2, -0.15) is 0 Å². The van der Waals surface area contributed by atoms with Crippen molar-refractivity contribution >= 4 is 5.78 Å². The highest BCUT2D eigenvalue weighted by Crippen LogP contribution is 2.10. The van der Waals surface area contributed by atoms with Crippen LogP contribution in [0.25, 0.3) is 0 Å². The molecule has 0 amide bonds. The van der Waals surface area contributed by atoms with Gasteiger partial charge in [-0.1, -0.05) is 0 Å². The molecule has 1 fully saturated rings. The topological polar surface area (TPSA) is 48.7 Å². The number of rotatable bonds is 2. The molecule has 1 unspecified atom stereocenters. The Kier molecular flexibility index (Phi) is 2.42. The SMILES string of the molecule is O=C(c1ccco1)C1COCCO1. The lowest BCUT2D eigenvalue weighted by Crippen LogP contribution is -2.35. The number of hydrogen-bond donors (Lipinski definition) is 0. The first-order chi connectivity index (χ1) is 6.38. The van der Waals surface area contributed by atoms with E-state index in [1.54, 1.807) is 12.1 Å². The summed E-state index contributed by atoms with van der Waals surface area (Å²) < 4.78 is 15.3. The number of Topliss-reactive ketones (excluding diaryl/α,β-unsaturated/α-hetero) is 1. The average Bonchev–Trinajstić information content (AvgIpc) is 2.71. The second kappa shape index (κ2) is 3.72. The van der Waals surface area contributed by atoms with Crippen molar-refractivity contribution in [1.82, 2.24) is 0 Å². The zero-order chi connectivity index (χ0) is 9.10. The monoisotopic (exact) mass is 182 g/mol. The summed E-state index contributed by atoms with van der Waals surface area (Å²) in [6.07, 6.45) is 0.969. The molecule has 0 aromatic carbocycles. The van der Waals surface area contributed by atoms with Crippen LogP contribution >= 0.6 is 0 Å². The van der Waals surface area contributed by atoms with Crippen molar-refractivity contribution in [3.05, 3.63) is 24.2 Å². The van der Waals surface area contributed by atoms with E-state index in [-0.39, 0.29) is 5.78 Å². The number of ether oxygens (including phenoxy) is 2. The molecular weight excluding hydrogens is 172 g/mol. The maximum atomic E-state index is 11.6. The fourth-order valence-corrected chi connectivity index (χ4v) is 1.22. The van der Waals surface area contributed by atoms with E-state index < -0.39 is 6.10 Å². The minimum Gasteiger partial charge on any atom is -0.461 e. The smallest absolute Gasteiger partial charge is 0.228 e. The lowest BCUT2D eigenvalue weighted by atomic mass is 10.2. The van der Waals surface area contributed by atoms with Crippen LogP contribution < -0.4 is 0 Å². The molecule has 1 aliphatic heterocycles. The molecule has 1 aromatic heterocycles. The number of carbonyl (C=O) groups excluding carboxylic acids is 1. The Morgan fingerprint density at radius 3 is 3.00 bits per heavy atom. The summed E-state index contributed by atoms with van der Waals surface area (Å²) in [5.74, 6) is 0.181. The molecular formula is C9H10O4. The number of furan rings is 1. The third kappa shape index (κ3) is 1.79. The van der Waals surface area contributed by atoms with Crippen molar-refractivity contribution in [1.29, 1.82) is 0 Å². The molecule has 0 bridgehead atoms. The zero-order valence-corrected chi connectivity index (χ0v) is 7.06. The highest BCUT2D eigenvalue weighted by Gasteiger charge is 2.25. The Morgan fingerprint density at radius 2 is 2.38 bits per heavy atom. The van der Waals surface area contributed by atoms with Crippen molar-refractivity contribution < 1.29 is 18.7 Å². The highest BCUT2D eigenvalue weighted by molar-refractivity contribution is 5.97. The van der Waals surface area contributed by atoms with Crippen molar-refractivity contribution in [3.8, 4) is 0 Å². The van der Waals surface area contributed by atoms with Crippen molar-refractivity contribution in [2.75, 3.05) is 19.8 Å². The van der Waals surface area contributed by atoms with Gasteiger partial charge in [0.05, 0.1) is 26.1 Å². The van der Waals surface area contributed by atoms with Crippen LogP contribution in [0.1, 0.15) is 10.6 Å². The Morgan fingerprint density at radius 1 is 1.46 bits per heavy atom. The van der Waals surface area contributed by atoms with E-state index in [4.69, 9.17) is 13.9 Å². The van der Waals surface area contributed by atoms with Crippen molar-refractivity contribution in [2.45, 2.75) is 6.10 Å². The van der Waals surface area contributed by atoms with Crippen LogP contribution in [0.4, 0.5) is 0 Å². The lowest BCUT2D eigenvalue weighted by Gasteiger charge is -2.20. The molecule has 0 spiro atoms. The molecule has 70 valence electrons. The van der Waals surface area contributed by atoms with Crippen molar-refractivity contribution in [3.63, 3.8) is 0 Å². The fourth-order valence-electron chi connectivity index (χ4n) is 1.22. The molecule has 0 N–H and O–H groups in total. The highest BCUT2D eigenvalue weighted by atomic mass is 16.6. The molecule has 0 aliphatic carbocycles. The van der Waals surface area contributed by atoms with Crippen LogP contribution in [0.3, 0.4) is 0 Å². The van der Waals surface area contributed by atoms with Crippen molar-refractivity contribution in [2.24, 2.45) is 0 Å². The molecule has 1 saturated heterocycles. The predicted molar refractivity (Wildman–Crippen MR) is 43.6 cm³/mol. The van der Waals surface area contributed by atoms with E-state index in [1.807, 2.05) is 0 Å². The normalized spacial score (nSPS) is 22.9. The van der Waals surface area contributed by atoms with Crippen LogP contribution in [0.5, 0.6) is 0 Å². The Balaban J connectivity index is 2.04. The molecule has 4 heteroatoms. The summed E-state index contributed by atoms with van der Waals surface area (Å²) in [6, 6.07) is 3.30. The molecule has 13 heavy (non-hydrogen) atoms. The Labute approximate surface area is 75.4 Å². The second-order valence-electron chi connectivity index (χ2n) is 2.78. The van der Waals surface area contributed by atoms with E-state index in [2.05, 4.69) is 0 Å². The van der Waals surface area contributed by atoms with Gasteiger partial charge >= 0.3 is 0 Å². The lowest BCUT2D eigenvalue weighted by molar-refractivity contribution is -0.0726. The van der Waals surface area contributed by atoms with Gasteiger partial charge in [0.15, 0.2) is 5.76 Å². The van der Waals surface area contributed by atoms with E-state index in [9.17, 15) is 4.79 Å². The van der Waals surface area contributed by atoms with Gasteiger partial charge in [-0.25, -0.2) is 0 Å². The van der Waals surface area contributed by atoms with Crippen LogP contribution in [-0.2, 0) is 9.47 Å². The molecule has 2 heterocycles. The molecule has 2 rings (SSSR count). The van der Waals surface area contributed by atoms with Gasteiger partial charge in [0.25, 0.3) is 0 Å². The third-order valence-electron chi connectivity index (χ3n) is 1.87. The van der Waals surface area contributed by atoms with E-state index in [0.717, 1.165) is 0 Å². The van der Waals surface area contributed by atoms with Gasteiger partial charge in [-0.15, -0.1) is 0 Å². The van der Waals surface area contributed by atoms with Gasteiger partial charge in [0.1, 0.15) is 6.10 Å². The number of carbonyl (C=O) groups is 1. The van der Waals surface area contributed by atoms with Gasteiger partial charge in [-0.05, 0) is 12.1 Å². The summed E-state index contributed by atoms with van der Waals surface area (Å²) in [4.78, 5) is 11.6. The van der Waals surface area contributed by atoms with E-state index >= 15 is 0 Å². The predicted octanol–water partition coefficient (Wildman–Crippen LogP) is 0.878. The minimum absolute atomic E-state index is 0.148. The van der Waals surface area contributed by atoms with E-state index in [0.29, 0.717) is 25.6 Å². The second-order valence-corrected chi connectivity index (χ2v) is 2.78. The number of hydrogen-bond acceptors (Lipinski definition) is 4. The summed E-state index contributed by atoms with van der Waals surface area (Å²) in [7, 11) is 0. The molecule has 1 aromatic rings. The summed E-state index contributed by atoms with van der Waals surface area (Å²) >= 11 is 0. The van der Waals surface area contributed by atoms with Gasteiger partial charge in [-0.3, -0.25) is 4.79 Å². The van der Waals surface area contributed by atoms with Crippen LogP contribution in [0.2, 0.25) is 0 Å². The average molecular weight is 182 g/mol. The van der Waals surface area contributed by atoms with Crippen LogP contribution in [-0.4, -0.2) is 31.7 Å². The molecule has 0 radical (unpaired) electrons. The van der Waals surface area contributed by atoms with Crippen LogP contribution in [0, 0.1) is 0 Å². The summed E-state index contributed by atoms with van der Waals surface area (Å²) in [5, 5.41) is 0. The Bertz CT molecular complexity index is 272. The quantitative estimate of drug-likeness (QED) is 0.637. The molecule has 1 atom stereocenters. The zero-order valence-electron chi connectivity index (χ0n) is 7.06. The standard InChI is InChI=1S/C9H10O4/c10-9(7-2-1-3-12-7)8-6-11-4-5-13-8/h1-3,8H,4-6H2. The molecule has 0 saturated carbocycles. The molecule has 1 aliphatic rings. The maximum absolute atomic E-state index is 11.6.